The molecular formula is C36H21NS2. The van der Waals surface area contributed by atoms with Crippen molar-refractivity contribution in [3.63, 3.8) is 0 Å². The summed E-state index contributed by atoms with van der Waals surface area (Å²) in [5.74, 6) is 0. The zero-order chi connectivity index (χ0) is 25.5. The van der Waals surface area contributed by atoms with E-state index in [-0.39, 0.29) is 0 Å². The van der Waals surface area contributed by atoms with Crippen molar-refractivity contribution in [3.05, 3.63) is 127 Å². The van der Waals surface area contributed by atoms with Crippen LogP contribution in [0.1, 0.15) is 0 Å². The normalized spacial score (nSPS) is 12.1. The average molecular weight is 532 g/mol. The molecule has 0 bridgehead atoms. The number of hydrogen-bond acceptors (Lipinski definition) is 2. The van der Waals surface area contributed by atoms with Crippen LogP contribution in [0.2, 0.25) is 0 Å². The molecule has 9 rings (SSSR count). The lowest BCUT2D eigenvalue weighted by molar-refractivity contribution is 1.18. The molecule has 0 fully saturated rings. The number of hydrogen-bond donors (Lipinski definition) is 0. The summed E-state index contributed by atoms with van der Waals surface area (Å²) < 4.78 is 7.91. The highest BCUT2D eigenvalue weighted by Gasteiger charge is 2.21. The van der Waals surface area contributed by atoms with E-state index in [1.165, 1.54) is 79.0 Å². The van der Waals surface area contributed by atoms with E-state index in [1.54, 1.807) is 0 Å². The highest BCUT2D eigenvalue weighted by Crippen LogP contribution is 2.48. The van der Waals surface area contributed by atoms with Gasteiger partial charge >= 0.3 is 0 Å². The first-order chi connectivity index (χ1) is 19.3. The molecule has 0 N–H and O–H groups in total. The van der Waals surface area contributed by atoms with Crippen LogP contribution in [-0.4, -0.2) is 4.57 Å². The molecule has 3 heteroatoms. The molecule has 0 saturated carbocycles. The van der Waals surface area contributed by atoms with Crippen molar-refractivity contribution in [1.82, 2.24) is 4.57 Å². The molecule has 0 amide bonds. The predicted octanol–water partition coefficient (Wildman–Crippen LogP) is 11.2. The summed E-state index contributed by atoms with van der Waals surface area (Å²) in [5.41, 5.74) is 6.20. The third-order valence-electron chi connectivity index (χ3n) is 8.01. The number of thiophene rings is 2. The second-order valence-electron chi connectivity index (χ2n) is 10.1. The first-order valence-corrected chi connectivity index (χ1v) is 14.8. The molecule has 0 unspecified atom stereocenters. The van der Waals surface area contributed by atoms with Crippen LogP contribution < -0.4 is 0 Å². The maximum Gasteiger partial charge on any atom is 0.0556 e. The third-order valence-corrected chi connectivity index (χ3v) is 10.4. The fraction of sp³-hybridized carbons (Fsp3) is 0. The van der Waals surface area contributed by atoms with E-state index in [0.29, 0.717) is 0 Å². The summed E-state index contributed by atoms with van der Waals surface area (Å²) in [4.78, 5) is 0. The van der Waals surface area contributed by atoms with Crippen LogP contribution in [0.15, 0.2) is 127 Å². The minimum atomic E-state index is 1.19. The average Bonchev–Trinajstić information content (AvgIpc) is 3.67. The van der Waals surface area contributed by atoms with Crippen molar-refractivity contribution >= 4 is 84.8 Å². The van der Waals surface area contributed by atoms with Crippen LogP contribution in [0.3, 0.4) is 0 Å². The van der Waals surface area contributed by atoms with E-state index < -0.39 is 0 Å². The van der Waals surface area contributed by atoms with Gasteiger partial charge in [-0.15, -0.1) is 22.7 Å². The van der Waals surface area contributed by atoms with Gasteiger partial charge in [-0.1, -0.05) is 91.0 Å². The second kappa shape index (κ2) is 8.03. The maximum atomic E-state index is 2.47. The molecule has 3 heterocycles. The van der Waals surface area contributed by atoms with Crippen LogP contribution in [0, 0.1) is 0 Å². The summed E-state index contributed by atoms with van der Waals surface area (Å²) >= 11 is 3.84. The largest absolute Gasteiger partial charge is 0.309 e. The summed E-state index contributed by atoms with van der Waals surface area (Å²) in [5, 5.41) is 8.12. The fourth-order valence-corrected chi connectivity index (χ4v) is 8.76. The molecule has 0 spiro atoms. The Labute approximate surface area is 232 Å². The van der Waals surface area contributed by atoms with E-state index in [4.69, 9.17) is 0 Å². The zero-order valence-corrected chi connectivity index (χ0v) is 22.5. The summed E-state index contributed by atoms with van der Waals surface area (Å²) in [6, 6.07) is 46.6. The molecule has 0 atom stereocenters. The Morgan fingerprint density at radius 1 is 0.385 bits per heavy atom. The predicted molar refractivity (Wildman–Crippen MR) is 172 cm³/mol. The smallest absolute Gasteiger partial charge is 0.0556 e. The van der Waals surface area contributed by atoms with Gasteiger partial charge in [-0.2, -0.15) is 0 Å². The number of nitrogens with zero attached hydrogens (tertiary/aromatic N) is 1. The molecule has 9 aromatic rings. The molecule has 0 radical (unpaired) electrons. The monoisotopic (exact) mass is 531 g/mol. The van der Waals surface area contributed by atoms with E-state index in [1.807, 2.05) is 22.7 Å². The lowest BCUT2D eigenvalue weighted by Crippen LogP contribution is -1.93. The molecule has 0 aliphatic heterocycles. The molecule has 0 aliphatic rings. The Morgan fingerprint density at radius 2 is 0.872 bits per heavy atom. The Kier molecular flexibility index (Phi) is 4.43. The SMILES string of the molecule is c1ccc(-c2ccc(-n3c4ccc5c6ccccc6sc5c4c4c5sc6ccccc6c5ccc43)cc2)cc1. The summed E-state index contributed by atoms with van der Waals surface area (Å²) in [6.07, 6.45) is 0. The van der Waals surface area contributed by atoms with Crippen LogP contribution in [0.25, 0.3) is 79.0 Å². The molecular weight excluding hydrogens is 511 g/mol. The van der Waals surface area contributed by atoms with E-state index >= 15 is 0 Å². The Balaban J connectivity index is 1.43. The second-order valence-corrected chi connectivity index (χ2v) is 12.2. The fourth-order valence-electron chi connectivity index (χ4n) is 6.25. The number of rotatable bonds is 2. The topological polar surface area (TPSA) is 4.93 Å². The Hall–Kier alpha value is -4.44. The lowest BCUT2D eigenvalue weighted by atomic mass is 10.1. The molecule has 3 aromatic heterocycles. The number of aromatic nitrogens is 1. The van der Waals surface area contributed by atoms with Crippen molar-refractivity contribution in [1.29, 1.82) is 0 Å². The third kappa shape index (κ3) is 3.00. The van der Waals surface area contributed by atoms with E-state index in [2.05, 4.69) is 132 Å². The van der Waals surface area contributed by atoms with Gasteiger partial charge < -0.3 is 4.57 Å². The van der Waals surface area contributed by atoms with Crippen LogP contribution in [-0.2, 0) is 0 Å². The standard InChI is InChI=1S/C36H21NS2/c1-2-8-22(9-3-1)23-14-16-24(17-15-23)37-29-20-18-27-25-10-4-6-12-31(25)38-35(27)33(29)34-30(37)21-19-28-26-11-5-7-13-32(26)39-36(28)34/h1-21H. The molecule has 39 heavy (non-hydrogen) atoms. The van der Waals surface area contributed by atoms with Crippen LogP contribution in [0.4, 0.5) is 0 Å². The Morgan fingerprint density at radius 3 is 1.44 bits per heavy atom. The van der Waals surface area contributed by atoms with Gasteiger partial charge in [0.1, 0.15) is 0 Å². The van der Waals surface area contributed by atoms with Gasteiger partial charge in [-0.05, 0) is 47.5 Å². The highest BCUT2D eigenvalue weighted by molar-refractivity contribution is 7.28. The summed E-state index contributed by atoms with van der Waals surface area (Å²) in [6.45, 7) is 0. The highest BCUT2D eigenvalue weighted by atomic mass is 32.1. The molecule has 0 saturated heterocycles. The van der Waals surface area contributed by atoms with Gasteiger partial charge in [0, 0.05) is 56.8 Å². The minimum Gasteiger partial charge on any atom is -0.309 e. The first kappa shape index (κ1) is 21.5. The maximum absolute atomic E-state index is 2.47. The zero-order valence-electron chi connectivity index (χ0n) is 20.9. The summed E-state index contributed by atoms with van der Waals surface area (Å²) in [7, 11) is 0. The van der Waals surface area contributed by atoms with Crippen molar-refractivity contribution in [2.45, 2.75) is 0 Å². The lowest BCUT2D eigenvalue weighted by Gasteiger charge is -2.09. The Bertz CT molecular complexity index is 2240. The van der Waals surface area contributed by atoms with Gasteiger partial charge in [0.05, 0.1) is 11.0 Å². The molecule has 0 aliphatic carbocycles. The first-order valence-electron chi connectivity index (χ1n) is 13.2. The van der Waals surface area contributed by atoms with Crippen molar-refractivity contribution in [3.8, 4) is 16.8 Å². The van der Waals surface area contributed by atoms with Gasteiger partial charge in [0.2, 0.25) is 0 Å². The van der Waals surface area contributed by atoms with Crippen molar-refractivity contribution in [2.24, 2.45) is 0 Å². The number of benzene rings is 6. The molecule has 182 valence electrons. The van der Waals surface area contributed by atoms with Gasteiger partial charge in [-0.25, -0.2) is 0 Å². The van der Waals surface area contributed by atoms with Crippen molar-refractivity contribution < 1.29 is 0 Å². The molecule has 1 nitrogen and oxygen atoms in total. The van der Waals surface area contributed by atoms with Crippen molar-refractivity contribution in [2.75, 3.05) is 0 Å². The van der Waals surface area contributed by atoms with Gasteiger partial charge in [-0.3, -0.25) is 0 Å². The van der Waals surface area contributed by atoms with E-state index in [0.717, 1.165) is 0 Å². The van der Waals surface area contributed by atoms with Crippen LogP contribution >= 0.6 is 22.7 Å². The van der Waals surface area contributed by atoms with Gasteiger partial charge in [0.15, 0.2) is 0 Å². The quantitative estimate of drug-likeness (QED) is 0.209. The van der Waals surface area contributed by atoms with Crippen LogP contribution in [0.5, 0.6) is 0 Å². The number of fused-ring (bicyclic) bond motifs is 11. The van der Waals surface area contributed by atoms with E-state index in [9.17, 15) is 0 Å². The molecule has 6 aromatic carbocycles. The van der Waals surface area contributed by atoms with Gasteiger partial charge in [0.25, 0.3) is 0 Å². The minimum absolute atomic E-state index is 1.19.